The van der Waals surface area contributed by atoms with Gasteiger partial charge in [-0.05, 0) is 25.8 Å². The van der Waals surface area contributed by atoms with Crippen molar-refractivity contribution in [2.45, 2.75) is 38.7 Å². The maximum atomic E-state index is 9.56. The van der Waals surface area contributed by atoms with E-state index in [1.54, 1.807) is 6.92 Å². The van der Waals surface area contributed by atoms with Gasteiger partial charge in [0.2, 0.25) is 0 Å². The summed E-state index contributed by atoms with van der Waals surface area (Å²) in [7, 11) is 0. The van der Waals surface area contributed by atoms with Crippen LogP contribution >= 0.6 is 0 Å². The molecule has 0 radical (unpaired) electrons. The summed E-state index contributed by atoms with van der Waals surface area (Å²) in [4.78, 5) is 0. The van der Waals surface area contributed by atoms with Gasteiger partial charge in [-0.1, -0.05) is 31.8 Å². The second kappa shape index (κ2) is 4.98. The van der Waals surface area contributed by atoms with Gasteiger partial charge in [0.15, 0.2) is 0 Å². The number of unbranched alkanes of at least 4 members (excludes halogenated alkanes) is 1. The van der Waals surface area contributed by atoms with E-state index in [1.165, 1.54) is 6.08 Å². The van der Waals surface area contributed by atoms with Crippen LogP contribution in [0.2, 0.25) is 0 Å². The van der Waals surface area contributed by atoms with Gasteiger partial charge in [0.1, 0.15) is 5.60 Å². The Morgan fingerprint density at radius 2 is 2.27 bits per heavy atom. The summed E-state index contributed by atoms with van der Waals surface area (Å²) in [5, 5.41) is 9.56. The number of rotatable bonds is 3. The topological polar surface area (TPSA) is 20.2 Å². The van der Waals surface area contributed by atoms with Gasteiger partial charge >= 0.3 is 0 Å². The molecule has 0 aromatic heterocycles. The van der Waals surface area contributed by atoms with Crippen LogP contribution in [0.1, 0.15) is 33.1 Å². The predicted octanol–water partition coefficient (Wildman–Crippen LogP) is 2.12. The molecule has 0 aromatic rings. The first-order chi connectivity index (χ1) is 5.12. The molecule has 1 heteroatoms. The molecule has 0 amide bonds. The van der Waals surface area contributed by atoms with E-state index < -0.39 is 5.60 Å². The number of hydrogen-bond donors (Lipinski definition) is 1. The number of hydrogen-bond acceptors (Lipinski definition) is 1. The molecule has 0 aliphatic carbocycles. The zero-order chi connectivity index (χ0) is 8.74. The molecule has 1 nitrogen and oxygen atoms in total. The molecule has 1 N–H and O–H groups in total. The average Bonchev–Trinajstić information content (AvgIpc) is 1.97. The molecule has 0 rings (SSSR count). The lowest BCUT2D eigenvalue weighted by Crippen LogP contribution is -2.20. The lowest BCUT2D eigenvalue weighted by molar-refractivity contribution is 0.109. The maximum absolute atomic E-state index is 9.56. The van der Waals surface area contributed by atoms with E-state index in [4.69, 9.17) is 0 Å². The quantitative estimate of drug-likeness (QED) is 0.614. The van der Waals surface area contributed by atoms with Crippen LogP contribution in [0.5, 0.6) is 0 Å². The molecular weight excluding hydrogens is 136 g/mol. The molecule has 1 unspecified atom stereocenters. The van der Waals surface area contributed by atoms with E-state index >= 15 is 0 Å². The highest BCUT2D eigenvalue weighted by Crippen LogP contribution is 2.11. The first kappa shape index (κ1) is 10.3. The summed E-state index contributed by atoms with van der Waals surface area (Å²) in [6.45, 7) is 7.29. The second-order valence-electron chi connectivity index (χ2n) is 2.85. The third-order valence-corrected chi connectivity index (χ3v) is 1.46. The minimum Gasteiger partial charge on any atom is -0.378 e. The van der Waals surface area contributed by atoms with E-state index in [1.807, 2.05) is 0 Å². The summed E-state index contributed by atoms with van der Waals surface area (Å²) in [6.07, 6.45) is 4.34. The second-order valence-corrected chi connectivity index (χ2v) is 2.85. The van der Waals surface area contributed by atoms with Crippen LogP contribution in [0.15, 0.2) is 12.7 Å². The Morgan fingerprint density at radius 3 is 2.73 bits per heavy atom. The predicted molar refractivity (Wildman–Crippen MR) is 48.1 cm³/mol. The van der Waals surface area contributed by atoms with E-state index in [-0.39, 0.29) is 0 Å². The van der Waals surface area contributed by atoms with Gasteiger partial charge in [-0.3, -0.25) is 0 Å². The summed E-state index contributed by atoms with van der Waals surface area (Å²) in [5.74, 6) is 5.39. The fourth-order valence-electron chi connectivity index (χ4n) is 0.790. The van der Waals surface area contributed by atoms with Crippen molar-refractivity contribution in [1.29, 1.82) is 0 Å². The first-order valence-electron chi connectivity index (χ1n) is 3.98. The van der Waals surface area contributed by atoms with Gasteiger partial charge in [0.05, 0.1) is 0 Å². The van der Waals surface area contributed by atoms with E-state index in [0.717, 1.165) is 19.3 Å². The molecule has 0 aliphatic heterocycles. The molecule has 0 saturated carbocycles. The minimum absolute atomic E-state index is 0.740. The normalized spacial score (nSPS) is 14.5. The Hall–Kier alpha value is -0.740. The van der Waals surface area contributed by atoms with Crippen molar-refractivity contribution in [2.24, 2.45) is 0 Å². The van der Waals surface area contributed by atoms with Gasteiger partial charge < -0.3 is 5.11 Å². The molecule has 0 bridgehead atoms. The SMILES string of the molecule is C=CC#CC(C)(O)CCCC. The maximum Gasteiger partial charge on any atom is 0.123 e. The smallest absolute Gasteiger partial charge is 0.123 e. The summed E-state index contributed by atoms with van der Waals surface area (Å²) in [6, 6.07) is 0. The van der Waals surface area contributed by atoms with Gasteiger partial charge in [-0.25, -0.2) is 0 Å². The van der Waals surface area contributed by atoms with Crippen molar-refractivity contribution in [3.05, 3.63) is 12.7 Å². The van der Waals surface area contributed by atoms with Crippen molar-refractivity contribution in [1.82, 2.24) is 0 Å². The largest absolute Gasteiger partial charge is 0.378 e. The van der Waals surface area contributed by atoms with Crippen LogP contribution in [0.4, 0.5) is 0 Å². The third-order valence-electron chi connectivity index (χ3n) is 1.46. The van der Waals surface area contributed by atoms with Crippen molar-refractivity contribution < 1.29 is 5.11 Å². The van der Waals surface area contributed by atoms with Crippen LogP contribution in [0.25, 0.3) is 0 Å². The molecule has 0 heterocycles. The first-order valence-corrected chi connectivity index (χ1v) is 3.98. The van der Waals surface area contributed by atoms with E-state index in [9.17, 15) is 5.11 Å². The van der Waals surface area contributed by atoms with Crippen molar-refractivity contribution in [3.8, 4) is 11.8 Å². The molecule has 0 aromatic carbocycles. The lowest BCUT2D eigenvalue weighted by Gasteiger charge is -2.14. The number of aliphatic hydroxyl groups is 1. The minimum atomic E-state index is -0.829. The summed E-state index contributed by atoms with van der Waals surface area (Å²) in [5.41, 5.74) is -0.829. The fraction of sp³-hybridized carbons (Fsp3) is 0.600. The Morgan fingerprint density at radius 1 is 1.64 bits per heavy atom. The van der Waals surface area contributed by atoms with Crippen molar-refractivity contribution >= 4 is 0 Å². The highest BCUT2D eigenvalue weighted by molar-refractivity contribution is 5.19. The lowest BCUT2D eigenvalue weighted by atomic mass is 10.0. The average molecular weight is 152 g/mol. The van der Waals surface area contributed by atoms with Crippen LogP contribution in [-0.4, -0.2) is 10.7 Å². The Balaban J connectivity index is 3.88. The third kappa shape index (κ3) is 5.69. The molecule has 0 fully saturated rings. The molecule has 11 heavy (non-hydrogen) atoms. The molecular formula is C10H16O. The van der Waals surface area contributed by atoms with Crippen LogP contribution in [0.3, 0.4) is 0 Å². The van der Waals surface area contributed by atoms with Gasteiger partial charge in [-0.2, -0.15) is 0 Å². The standard InChI is InChI=1S/C10H16O/c1-4-6-8-10(3,11)9-7-5-2/h4,11H,1,5,7,9H2,2-3H3. The van der Waals surface area contributed by atoms with Crippen molar-refractivity contribution in [3.63, 3.8) is 0 Å². The molecule has 62 valence electrons. The molecule has 0 aliphatic rings. The fourth-order valence-corrected chi connectivity index (χ4v) is 0.790. The molecule has 0 saturated heterocycles. The van der Waals surface area contributed by atoms with Crippen LogP contribution in [-0.2, 0) is 0 Å². The van der Waals surface area contributed by atoms with Crippen molar-refractivity contribution in [2.75, 3.05) is 0 Å². The molecule has 0 spiro atoms. The monoisotopic (exact) mass is 152 g/mol. The Bertz CT molecular complexity index is 169. The highest BCUT2D eigenvalue weighted by Gasteiger charge is 2.14. The number of allylic oxidation sites excluding steroid dienone is 1. The van der Waals surface area contributed by atoms with E-state index in [2.05, 4.69) is 25.3 Å². The Kier molecular flexibility index (Phi) is 4.65. The highest BCUT2D eigenvalue weighted by atomic mass is 16.3. The van der Waals surface area contributed by atoms with Gasteiger partial charge in [0, 0.05) is 0 Å². The summed E-state index contributed by atoms with van der Waals surface area (Å²) >= 11 is 0. The summed E-state index contributed by atoms with van der Waals surface area (Å²) < 4.78 is 0. The zero-order valence-electron chi connectivity index (χ0n) is 7.35. The van der Waals surface area contributed by atoms with Crippen LogP contribution < -0.4 is 0 Å². The van der Waals surface area contributed by atoms with Gasteiger partial charge in [-0.15, -0.1) is 0 Å². The molecule has 1 atom stereocenters. The zero-order valence-corrected chi connectivity index (χ0v) is 7.35. The Labute approximate surface area is 69.1 Å². The van der Waals surface area contributed by atoms with Crippen LogP contribution in [0, 0.1) is 11.8 Å². The van der Waals surface area contributed by atoms with E-state index in [0.29, 0.717) is 0 Å². The van der Waals surface area contributed by atoms with Gasteiger partial charge in [0.25, 0.3) is 0 Å².